The van der Waals surface area contributed by atoms with Gasteiger partial charge in [-0.3, -0.25) is 0 Å². The number of halogens is 1. The van der Waals surface area contributed by atoms with E-state index in [0.717, 1.165) is 22.6 Å². The third-order valence-electron chi connectivity index (χ3n) is 4.53. The van der Waals surface area contributed by atoms with Crippen LogP contribution in [0.2, 0.25) is 5.02 Å². The van der Waals surface area contributed by atoms with Crippen LogP contribution in [0.3, 0.4) is 0 Å². The molecule has 0 aliphatic rings. The van der Waals surface area contributed by atoms with Gasteiger partial charge in [-0.05, 0) is 67.8 Å². The monoisotopic (exact) mass is 365 g/mol. The molecule has 3 aromatic rings. The van der Waals surface area contributed by atoms with Crippen LogP contribution in [0.5, 0.6) is 5.75 Å². The van der Waals surface area contributed by atoms with Gasteiger partial charge in [0.05, 0.1) is 0 Å². The van der Waals surface area contributed by atoms with Gasteiger partial charge in [-0.2, -0.15) is 0 Å². The predicted molar refractivity (Wildman–Crippen MR) is 110 cm³/mol. The number of anilines is 1. The van der Waals surface area contributed by atoms with Crippen LogP contribution in [0, 0.1) is 20.8 Å². The Hall–Kier alpha value is -2.45. The SMILES string of the molecule is Cc1ccc(COc2ccc(Cl)cc2CNc2ccc(C)c(C)c2)cc1. The first-order chi connectivity index (χ1) is 12.5. The summed E-state index contributed by atoms with van der Waals surface area (Å²) >= 11 is 6.20. The zero-order valence-corrected chi connectivity index (χ0v) is 16.2. The van der Waals surface area contributed by atoms with E-state index in [1.807, 2.05) is 18.2 Å². The maximum absolute atomic E-state index is 6.20. The van der Waals surface area contributed by atoms with E-state index in [0.29, 0.717) is 18.2 Å². The second-order valence-electron chi connectivity index (χ2n) is 6.68. The van der Waals surface area contributed by atoms with Gasteiger partial charge in [-0.25, -0.2) is 0 Å². The highest BCUT2D eigenvalue weighted by molar-refractivity contribution is 6.30. The molecule has 0 saturated carbocycles. The minimum absolute atomic E-state index is 0.540. The highest BCUT2D eigenvalue weighted by atomic mass is 35.5. The minimum atomic E-state index is 0.540. The van der Waals surface area contributed by atoms with Crippen molar-refractivity contribution in [3.05, 3.63) is 93.5 Å². The van der Waals surface area contributed by atoms with Crippen molar-refractivity contribution in [2.45, 2.75) is 33.9 Å². The van der Waals surface area contributed by atoms with E-state index in [-0.39, 0.29) is 0 Å². The Balaban J connectivity index is 1.70. The maximum Gasteiger partial charge on any atom is 0.124 e. The van der Waals surface area contributed by atoms with Crippen molar-refractivity contribution in [1.29, 1.82) is 0 Å². The third kappa shape index (κ3) is 4.80. The molecule has 0 spiro atoms. The van der Waals surface area contributed by atoms with Crippen molar-refractivity contribution in [3.8, 4) is 5.75 Å². The standard InChI is InChI=1S/C23H24ClNO/c1-16-4-7-19(8-5-16)15-26-23-11-9-21(24)13-20(23)14-25-22-10-6-17(2)18(3)12-22/h4-13,25H,14-15H2,1-3H3. The van der Waals surface area contributed by atoms with Gasteiger partial charge in [0.1, 0.15) is 12.4 Å². The fourth-order valence-electron chi connectivity index (χ4n) is 2.72. The summed E-state index contributed by atoms with van der Waals surface area (Å²) in [7, 11) is 0. The molecule has 0 aromatic heterocycles. The first kappa shape index (κ1) is 18.3. The van der Waals surface area contributed by atoms with E-state index in [9.17, 15) is 0 Å². The second-order valence-corrected chi connectivity index (χ2v) is 7.12. The molecule has 0 saturated heterocycles. The van der Waals surface area contributed by atoms with Gasteiger partial charge < -0.3 is 10.1 Å². The van der Waals surface area contributed by atoms with E-state index in [4.69, 9.17) is 16.3 Å². The molecule has 0 amide bonds. The molecule has 2 nitrogen and oxygen atoms in total. The van der Waals surface area contributed by atoms with Gasteiger partial charge in [-0.1, -0.05) is 47.5 Å². The minimum Gasteiger partial charge on any atom is -0.489 e. The van der Waals surface area contributed by atoms with Crippen LogP contribution in [0.15, 0.2) is 60.7 Å². The van der Waals surface area contributed by atoms with Crippen molar-refractivity contribution < 1.29 is 4.74 Å². The number of benzene rings is 3. The Bertz CT molecular complexity index is 887. The molecule has 26 heavy (non-hydrogen) atoms. The van der Waals surface area contributed by atoms with Crippen molar-refractivity contribution >= 4 is 17.3 Å². The molecular weight excluding hydrogens is 342 g/mol. The van der Waals surface area contributed by atoms with E-state index in [1.54, 1.807) is 0 Å². The van der Waals surface area contributed by atoms with Crippen molar-refractivity contribution in [3.63, 3.8) is 0 Å². The molecule has 0 bridgehead atoms. The van der Waals surface area contributed by atoms with Crippen LogP contribution in [0.25, 0.3) is 0 Å². The highest BCUT2D eigenvalue weighted by Crippen LogP contribution is 2.25. The molecule has 3 aromatic carbocycles. The largest absolute Gasteiger partial charge is 0.489 e. The van der Waals surface area contributed by atoms with Crippen LogP contribution < -0.4 is 10.1 Å². The molecule has 0 heterocycles. The molecule has 134 valence electrons. The van der Waals surface area contributed by atoms with Gasteiger partial charge in [0, 0.05) is 22.8 Å². The van der Waals surface area contributed by atoms with Crippen molar-refractivity contribution in [1.82, 2.24) is 0 Å². The molecule has 0 fully saturated rings. The van der Waals surface area contributed by atoms with E-state index >= 15 is 0 Å². The van der Waals surface area contributed by atoms with E-state index in [1.165, 1.54) is 16.7 Å². The Morgan fingerprint density at radius 3 is 2.35 bits per heavy atom. The number of hydrogen-bond donors (Lipinski definition) is 1. The summed E-state index contributed by atoms with van der Waals surface area (Å²) in [5.74, 6) is 0.853. The molecular formula is C23H24ClNO. The lowest BCUT2D eigenvalue weighted by Crippen LogP contribution is -2.04. The van der Waals surface area contributed by atoms with Gasteiger partial charge in [-0.15, -0.1) is 0 Å². The highest BCUT2D eigenvalue weighted by Gasteiger charge is 2.06. The Morgan fingerprint density at radius 2 is 1.62 bits per heavy atom. The average Bonchev–Trinajstić information content (AvgIpc) is 2.63. The maximum atomic E-state index is 6.20. The summed E-state index contributed by atoms with van der Waals surface area (Å²) in [5.41, 5.74) is 7.11. The zero-order valence-electron chi connectivity index (χ0n) is 15.5. The molecule has 3 heteroatoms. The normalized spacial score (nSPS) is 10.6. The van der Waals surface area contributed by atoms with Crippen LogP contribution in [-0.2, 0) is 13.2 Å². The summed E-state index contributed by atoms with van der Waals surface area (Å²) < 4.78 is 6.05. The topological polar surface area (TPSA) is 21.3 Å². The number of aryl methyl sites for hydroxylation is 3. The zero-order chi connectivity index (χ0) is 18.5. The van der Waals surface area contributed by atoms with Gasteiger partial charge >= 0.3 is 0 Å². The van der Waals surface area contributed by atoms with Gasteiger partial charge in [0.2, 0.25) is 0 Å². The lowest BCUT2D eigenvalue weighted by atomic mass is 10.1. The molecule has 0 atom stereocenters. The molecule has 3 rings (SSSR count). The fourth-order valence-corrected chi connectivity index (χ4v) is 2.92. The van der Waals surface area contributed by atoms with Gasteiger partial charge in [0.15, 0.2) is 0 Å². The lowest BCUT2D eigenvalue weighted by molar-refractivity contribution is 0.303. The van der Waals surface area contributed by atoms with Crippen LogP contribution in [0.4, 0.5) is 5.69 Å². The fraction of sp³-hybridized carbons (Fsp3) is 0.217. The summed E-state index contributed by atoms with van der Waals surface area (Å²) in [6.07, 6.45) is 0. The summed E-state index contributed by atoms with van der Waals surface area (Å²) in [5, 5.41) is 4.18. The molecule has 0 unspecified atom stereocenters. The average molecular weight is 366 g/mol. The Morgan fingerprint density at radius 1 is 0.846 bits per heavy atom. The second kappa shape index (κ2) is 8.29. The third-order valence-corrected chi connectivity index (χ3v) is 4.76. The Labute approximate surface area is 160 Å². The van der Waals surface area contributed by atoms with Crippen LogP contribution >= 0.6 is 11.6 Å². The van der Waals surface area contributed by atoms with E-state index in [2.05, 4.69) is 68.6 Å². The number of ether oxygens (including phenoxy) is 1. The summed E-state index contributed by atoms with van der Waals surface area (Å²) in [4.78, 5) is 0. The number of rotatable bonds is 6. The quantitative estimate of drug-likeness (QED) is 0.541. The molecule has 0 aliphatic carbocycles. The van der Waals surface area contributed by atoms with E-state index < -0.39 is 0 Å². The summed E-state index contributed by atoms with van der Waals surface area (Å²) in [6.45, 7) is 7.52. The number of nitrogens with one attached hydrogen (secondary N) is 1. The van der Waals surface area contributed by atoms with Crippen LogP contribution in [-0.4, -0.2) is 0 Å². The first-order valence-corrected chi connectivity index (χ1v) is 9.17. The smallest absolute Gasteiger partial charge is 0.124 e. The first-order valence-electron chi connectivity index (χ1n) is 8.79. The van der Waals surface area contributed by atoms with Gasteiger partial charge in [0.25, 0.3) is 0 Å². The molecule has 1 N–H and O–H groups in total. The lowest BCUT2D eigenvalue weighted by Gasteiger charge is -2.14. The Kier molecular flexibility index (Phi) is 5.85. The summed E-state index contributed by atoms with van der Waals surface area (Å²) in [6, 6.07) is 20.5. The predicted octanol–water partition coefficient (Wildman–Crippen LogP) is 6.46. The number of hydrogen-bond acceptors (Lipinski definition) is 2. The van der Waals surface area contributed by atoms with Crippen LogP contribution in [0.1, 0.15) is 27.8 Å². The molecule has 0 radical (unpaired) electrons. The van der Waals surface area contributed by atoms with Crippen molar-refractivity contribution in [2.24, 2.45) is 0 Å². The molecule has 0 aliphatic heterocycles. The van der Waals surface area contributed by atoms with Crippen molar-refractivity contribution in [2.75, 3.05) is 5.32 Å².